The minimum Gasteiger partial charge on any atom is -0.383 e. The predicted molar refractivity (Wildman–Crippen MR) is 102 cm³/mol. The third kappa shape index (κ3) is 3.19. The Morgan fingerprint density at radius 1 is 1.30 bits per heavy atom. The molecule has 3 atom stereocenters. The van der Waals surface area contributed by atoms with E-state index in [-0.39, 0.29) is 17.6 Å². The first kappa shape index (κ1) is 18.6. The van der Waals surface area contributed by atoms with E-state index in [2.05, 4.69) is 11.8 Å². The monoisotopic (exact) mass is 373 g/mol. The number of fused-ring (bicyclic) bond motifs is 2. The van der Waals surface area contributed by atoms with Crippen LogP contribution in [0.25, 0.3) is 0 Å². The Bertz CT molecular complexity index is 735. The number of rotatable bonds is 6. The second-order valence-electron chi connectivity index (χ2n) is 7.98. The zero-order chi connectivity index (χ0) is 19.0. The molecule has 4 rings (SSSR count). The van der Waals surface area contributed by atoms with Gasteiger partial charge in [-0.25, -0.2) is 4.39 Å². The molecule has 0 bridgehead atoms. The summed E-state index contributed by atoms with van der Waals surface area (Å²) in [7, 11) is 1.66. The molecule has 1 saturated heterocycles. The third-order valence-corrected chi connectivity index (χ3v) is 6.44. The molecule has 1 saturated carbocycles. The first-order valence-electron chi connectivity index (χ1n) is 9.94. The van der Waals surface area contributed by atoms with Gasteiger partial charge in [-0.05, 0) is 36.5 Å². The van der Waals surface area contributed by atoms with Crippen molar-refractivity contribution >= 4 is 11.7 Å². The molecule has 0 aromatic heterocycles. The largest absolute Gasteiger partial charge is 0.383 e. The number of aliphatic imine (C=N–C) groups is 1. The van der Waals surface area contributed by atoms with Crippen molar-refractivity contribution in [2.45, 2.75) is 38.3 Å². The van der Waals surface area contributed by atoms with Crippen molar-refractivity contribution in [1.29, 1.82) is 0 Å². The summed E-state index contributed by atoms with van der Waals surface area (Å²) < 4.78 is 18.3. The fraction of sp³-hybridized carbons (Fsp3) is 0.619. The molecule has 1 amide bonds. The Morgan fingerprint density at radius 2 is 2.07 bits per heavy atom. The van der Waals surface area contributed by atoms with Gasteiger partial charge in [0.25, 0.3) is 5.91 Å². The fourth-order valence-electron chi connectivity index (χ4n) is 5.14. The minimum atomic E-state index is -0.568. The Morgan fingerprint density at radius 3 is 2.78 bits per heavy atom. The van der Waals surface area contributed by atoms with E-state index in [4.69, 9.17) is 9.73 Å². The van der Waals surface area contributed by atoms with Crippen molar-refractivity contribution < 1.29 is 13.9 Å². The van der Waals surface area contributed by atoms with Crippen LogP contribution in [0, 0.1) is 17.7 Å². The summed E-state index contributed by atoms with van der Waals surface area (Å²) in [6.45, 7) is 5.85. The maximum atomic E-state index is 13.3. The van der Waals surface area contributed by atoms with Gasteiger partial charge in [0.15, 0.2) is 0 Å². The molecule has 1 aromatic carbocycles. The second kappa shape index (κ2) is 7.32. The fourth-order valence-corrected chi connectivity index (χ4v) is 5.14. The summed E-state index contributed by atoms with van der Waals surface area (Å²) in [4.78, 5) is 22.6. The van der Waals surface area contributed by atoms with E-state index in [0.717, 1.165) is 50.3 Å². The van der Waals surface area contributed by atoms with Crippen molar-refractivity contribution in [2.75, 3.05) is 33.4 Å². The highest BCUT2D eigenvalue weighted by atomic mass is 19.1. The van der Waals surface area contributed by atoms with Gasteiger partial charge in [0.2, 0.25) is 0 Å². The highest BCUT2D eigenvalue weighted by Gasteiger charge is 2.60. The van der Waals surface area contributed by atoms with Crippen molar-refractivity contribution in [1.82, 2.24) is 9.80 Å². The standard InChI is InChI=1S/C21H28FN3O2/c1-3-19-23-21(20(26)25(19)10-11-27-2)9-8-16-13-24(14-18(16)21)12-15-4-6-17(22)7-5-15/h4-7,16,18H,3,8-14H2,1-2H3/t16-,18+,21-/m1/s1. The molecule has 2 heterocycles. The van der Waals surface area contributed by atoms with Crippen LogP contribution in [0.2, 0.25) is 0 Å². The van der Waals surface area contributed by atoms with E-state index in [1.54, 1.807) is 7.11 Å². The van der Waals surface area contributed by atoms with Crippen LogP contribution in [0.5, 0.6) is 0 Å². The number of likely N-dealkylation sites (tertiary alicyclic amines) is 1. The van der Waals surface area contributed by atoms with Crippen LogP contribution in [0.1, 0.15) is 31.7 Å². The van der Waals surface area contributed by atoms with Crippen LogP contribution in [-0.2, 0) is 16.1 Å². The van der Waals surface area contributed by atoms with E-state index in [1.165, 1.54) is 12.1 Å². The molecule has 3 aliphatic rings. The molecule has 1 aromatic rings. The molecular formula is C21H28FN3O2. The number of amides is 1. The first-order valence-corrected chi connectivity index (χ1v) is 9.94. The molecule has 27 heavy (non-hydrogen) atoms. The van der Waals surface area contributed by atoms with Crippen LogP contribution in [0.3, 0.4) is 0 Å². The van der Waals surface area contributed by atoms with Crippen molar-refractivity contribution in [3.8, 4) is 0 Å². The number of benzene rings is 1. The van der Waals surface area contributed by atoms with Gasteiger partial charge in [0, 0.05) is 39.1 Å². The lowest BCUT2D eigenvalue weighted by atomic mass is 9.85. The average Bonchev–Trinajstić information content (AvgIpc) is 3.30. The Kier molecular flexibility index (Phi) is 5.03. The molecule has 0 N–H and O–H groups in total. The number of ether oxygens (including phenoxy) is 1. The number of carbonyl (C=O) groups excluding carboxylic acids is 1. The third-order valence-electron chi connectivity index (χ3n) is 6.44. The van der Waals surface area contributed by atoms with Crippen molar-refractivity contribution in [3.63, 3.8) is 0 Å². The molecule has 5 nitrogen and oxygen atoms in total. The van der Waals surface area contributed by atoms with Crippen LogP contribution in [0.15, 0.2) is 29.3 Å². The Balaban J connectivity index is 1.50. The zero-order valence-corrected chi connectivity index (χ0v) is 16.2. The number of carbonyl (C=O) groups is 1. The van der Waals surface area contributed by atoms with Crippen molar-refractivity contribution in [3.05, 3.63) is 35.6 Å². The van der Waals surface area contributed by atoms with Gasteiger partial charge in [-0.1, -0.05) is 19.1 Å². The lowest BCUT2D eigenvalue weighted by molar-refractivity contribution is -0.132. The summed E-state index contributed by atoms with van der Waals surface area (Å²) >= 11 is 0. The number of hydrogen-bond acceptors (Lipinski definition) is 4. The van der Waals surface area contributed by atoms with Crippen LogP contribution >= 0.6 is 0 Å². The lowest BCUT2D eigenvalue weighted by Crippen LogP contribution is -2.47. The number of nitrogens with zero attached hydrogens (tertiary/aromatic N) is 3. The van der Waals surface area contributed by atoms with E-state index in [1.807, 2.05) is 17.0 Å². The highest BCUT2D eigenvalue weighted by Crippen LogP contribution is 2.50. The SMILES string of the molecule is CCC1=N[C@@]2(CC[C@@H]3CN(Cc4ccc(F)cc4)C[C@@H]32)C(=O)N1CCOC. The highest BCUT2D eigenvalue weighted by molar-refractivity contribution is 6.08. The van der Waals surface area contributed by atoms with E-state index < -0.39 is 5.54 Å². The van der Waals surface area contributed by atoms with Crippen molar-refractivity contribution in [2.24, 2.45) is 16.8 Å². The molecule has 6 heteroatoms. The molecular weight excluding hydrogens is 345 g/mol. The van der Waals surface area contributed by atoms with E-state index >= 15 is 0 Å². The second-order valence-corrected chi connectivity index (χ2v) is 7.98. The van der Waals surface area contributed by atoms with Gasteiger partial charge >= 0.3 is 0 Å². The summed E-state index contributed by atoms with van der Waals surface area (Å²) in [5, 5.41) is 0. The summed E-state index contributed by atoms with van der Waals surface area (Å²) in [5.41, 5.74) is 0.545. The average molecular weight is 373 g/mol. The van der Waals surface area contributed by atoms with Gasteiger partial charge in [-0.2, -0.15) is 0 Å². The van der Waals surface area contributed by atoms with Gasteiger partial charge < -0.3 is 4.74 Å². The maximum absolute atomic E-state index is 13.3. The number of halogens is 1. The number of methoxy groups -OCH3 is 1. The molecule has 0 unspecified atom stereocenters. The predicted octanol–water partition coefficient (Wildman–Crippen LogP) is 2.70. The van der Waals surface area contributed by atoms with Gasteiger partial charge in [0.05, 0.1) is 13.2 Å². The van der Waals surface area contributed by atoms with Crippen LogP contribution < -0.4 is 0 Å². The molecule has 0 radical (unpaired) electrons. The lowest BCUT2D eigenvalue weighted by Gasteiger charge is -2.28. The Hall–Kier alpha value is -1.79. The molecule has 2 aliphatic heterocycles. The zero-order valence-electron chi connectivity index (χ0n) is 16.2. The molecule has 2 fully saturated rings. The maximum Gasteiger partial charge on any atom is 0.256 e. The van der Waals surface area contributed by atoms with Crippen LogP contribution in [0.4, 0.5) is 4.39 Å². The first-order chi connectivity index (χ1) is 13.1. The summed E-state index contributed by atoms with van der Waals surface area (Å²) in [6.07, 6.45) is 2.68. The smallest absolute Gasteiger partial charge is 0.256 e. The summed E-state index contributed by atoms with van der Waals surface area (Å²) in [5.74, 6) is 1.67. The quantitative estimate of drug-likeness (QED) is 0.770. The van der Waals surface area contributed by atoms with Gasteiger partial charge in [0.1, 0.15) is 17.2 Å². The molecule has 1 spiro atoms. The molecule has 1 aliphatic carbocycles. The Labute approximate surface area is 160 Å². The normalized spacial score (nSPS) is 30.4. The van der Waals surface area contributed by atoms with E-state index in [9.17, 15) is 9.18 Å². The van der Waals surface area contributed by atoms with Gasteiger partial charge in [-0.3, -0.25) is 19.6 Å². The topological polar surface area (TPSA) is 45.1 Å². The number of amidine groups is 1. The summed E-state index contributed by atoms with van der Waals surface area (Å²) in [6, 6.07) is 6.72. The molecule has 146 valence electrons. The number of hydrogen-bond donors (Lipinski definition) is 0. The van der Waals surface area contributed by atoms with E-state index in [0.29, 0.717) is 19.1 Å². The van der Waals surface area contributed by atoms with Crippen LogP contribution in [-0.4, -0.2) is 60.4 Å². The van der Waals surface area contributed by atoms with Gasteiger partial charge in [-0.15, -0.1) is 0 Å². The minimum absolute atomic E-state index is 0.174.